The third-order valence-electron chi connectivity index (χ3n) is 4.68. The van der Waals surface area contributed by atoms with E-state index in [9.17, 15) is 0 Å². The number of imidazole rings is 1. The van der Waals surface area contributed by atoms with E-state index in [2.05, 4.69) is 37.1 Å². The summed E-state index contributed by atoms with van der Waals surface area (Å²) in [5, 5.41) is 3.21. The molecular formula is C19H24N6O. The molecule has 3 aromatic rings. The van der Waals surface area contributed by atoms with Crippen LogP contribution in [0.5, 0.6) is 0 Å². The van der Waals surface area contributed by atoms with Crippen molar-refractivity contribution in [2.24, 2.45) is 0 Å². The number of furan rings is 1. The van der Waals surface area contributed by atoms with E-state index in [1.54, 1.807) is 6.33 Å². The fourth-order valence-electron chi connectivity index (χ4n) is 3.41. The Hall–Kier alpha value is -2.67. The van der Waals surface area contributed by atoms with Gasteiger partial charge >= 0.3 is 0 Å². The number of rotatable bonds is 6. The minimum absolute atomic E-state index is 0.0107. The number of aromatic amines is 1. The van der Waals surface area contributed by atoms with Crippen LogP contribution in [0.2, 0.25) is 0 Å². The molecule has 1 aliphatic rings. The second kappa shape index (κ2) is 7.29. The monoisotopic (exact) mass is 352 g/mol. The number of H-pyrrole nitrogens is 1. The standard InChI is InChI=1S/C19H24N6O/c1-3-7-20-19-21-9-14(10-22-19)11-25-8-6-15-17(24-12-23-15)18(25)16-5-4-13(2)26-16/h4-5,9-10,12,18H,3,6-8,11H2,1-2H3,(H,23,24)(H,20,21,22). The zero-order valence-electron chi connectivity index (χ0n) is 15.2. The molecule has 0 aromatic carbocycles. The van der Waals surface area contributed by atoms with Crippen molar-refractivity contribution in [2.45, 2.75) is 39.3 Å². The Morgan fingerprint density at radius 3 is 2.85 bits per heavy atom. The Balaban J connectivity index is 1.56. The van der Waals surface area contributed by atoms with Gasteiger partial charge in [-0.05, 0) is 25.5 Å². The van der Waals surface area contributed by atoms with Gasteiger partial charge in [-0.15, -0.1) is 0 Å². The minimum atomic E-state index is 0.0107. The maximum absolute atomic E-state index is 5.94. The van der Waals surface area contributed by atoms with Crippen molar-refractivity contribution >= 4 is 5.95 Å². The molecule has 0 spiro atoms. The highest BCUT2D eigenvalue weighted by Crippen LogP contribution is 2.35. The number of hydrogen-bond acceptors (Lipinski definition) is 6. The average Bonchev–Trinajstić information content (AvgIpc) is 3.30. The summed E-state index contributed by atoms with van der Waals surface area (Å²) < 4.78 is 5.94. The van der Waals surface area contributed by atoms with Crippen LogP contribution in [0.25, 0.3) is 0 Å². The Bertz CT molecular complexity index is 853. The molecule has 0 bridgehead atoms. The molecule has 0 saturated heterocycles. The van der Waals surface area contributed by atoms with Crippen molar-refractivity contribution < 1.29 is 4.42 Å². The van der Waals surface area contributed by atoms with E-state index in [1.165, 1.54) is 5.69 Å². The highest BCUT2D eigenvalue weighted by atomic mass is 16.3. The van der Waals surface area contributed by atoms with Gasteiger partial charge in [0, 0.05) is 49.7 Å². The van der Waals surface area contributed by atoms with Crippen LogP contribution in [0.3, 0.4) is 0 Å². The molecule has 0 aliphatic carbocycles. The highest BCUT2D eigenvalue weighted by Gasteiger charge is 2.33. The number of nitrogens with zero attached hydrogens (tertiary/aromatic N) is 4. The molecule has 0 amide bonds. The van der Waals surface area contributed by atoms with E-state index in [0.717, 1.165) is 55.3 Å². The van der Waals surface area contributed by atoms with Crippen molar-refractivity contribution in [1.82, 2.24) is 24.8 Å². The first-order chi connectivity index (χ1) is 12.7. The summed E-state index contributed by atoms with van der Waals surface area (Å²) in [6.45, 7) is 6.66. The lowest BCUT2D eigenvalue weighted by molar-refractivity contribution is 0.178. The first kappa shape index (κ1) is 16.8. The molecule has 1 atom stereocenters. The maximum Gasteiger partial charge on any atom is 0.222 e. The van der Waals surface area contributed by atoms with Crippen molar-refractivity contribution in [3.63, 3.8) is 0 Å². The molecule has 4 heterocycles. The number of anilines is 1. The lowest BCUT2D eigenvalue weighted by Gasteiger charge is -2.33. The van der Waals surface area contributed by atoms with E-state index < -0.39 is 0 Å². The molecule has 136 valence electrons. The second-order valence-electron chi connectivity index (χ2n) is 6.68. The van der Waals surface area contributed by atoms with Crippen molar-refractivity contribution in [1.29, 1.82) is 0 Å². The Morgan fingerprint density at radius 1 is 1.27 bits per heavy atom. The predicted octanol–water partition coefficient (Wildman–Crippen LogP) is 3.07. The summed E-state index contributed by atoms with van der Waals surface area (Å²) in [6, 6.07) is 4.06. The molecular weight excluding hydrogens is 328 g/mol. The molecule has 0 saturated carbocycles. The fourth-order valence-corrected chi connectivity index (χ4v) is 3.41. The number of aromatic nitrogens is 4. The molecule has 0 radical (unpaired) electrons. The Labute approximate surface area is 152 Å². The third kappa shape index (κ3) is 3.35. The quantitative estimate of drug-likeness (QED) is 0.709. The van der Waals surface area contributed by atoms with E-state index in [1.807, 2.05) is 31.5 Å². The fraction of sp³-hybridized carbons (Fsp3) is 0.421. The summed E-state index contributed by atoms with van der Waals surface area (Å²) in [6.07, 6.45) is 7.57. The number of nitrogens with one attached hydrogen (secondary N) is 2. The first-order valence-electron chi connectivity index (χ1n) is 9.12. The van der Waals surface area contributed by atoms with Crippen LogP contribution < -0.4 is 5.32 Å². The Morgan fingerprint density at radius 2 is 2.12 bits per heavy atom. The highest BCUT2D eigenvalue weighted by molar-refractivity contribution is 5.29. The molecule has 3 aromatic heterocycles. The lowest BCUT2D eigenvalue weighted by atomic mass is 10.00. The van der Waals surface area contributed by atoms with Crippen molar-refractivity contribution in [2.75, 3.05) is 18.4 Å². The summed E-state index contributed by atoms with van der Waals surface area (Å²) in [5.74, 6) is 2.53. The summed E-state index contributed by atoms with van der Waals surface area (Å²) >= 11 is 0. The molecule has 26 heavy (non-hydrogen) atoms. The van der Waals surface area contributed by atoms with Gasteiger partial charge in [0.25, 0.3) is 0 Å². The molecule has 7 nitrogen and oxygen atoms in total. The van der Waals surface area contributed by atoms with Gasteiger partial charge in [-0.3, -0.25) is 4.90 Å². The maximum atomic E-state index is 5.94. The van der Waals surface area contributed by atoms with E-state index in [4.69, 9.17) is 4.42 Å². The first-order valence-corrected chi connectivity index (χ1v) is 9.12. The molecule has 0 fully saturated rings. The predicted molar refractivity (Wildman–Crippen MR) is 98.8 cm³/mol. The van der Waals surface area contributed by atoms with Gasteiger partial charge in [0.15, 0.2) is 0 Å². The van der Waals surface area contributed by atoms with Gasteiger partial charge in [0.2, 0.25) is 5.95 Å². The van der Waals surface area contributed by atoms with Crippen LogP contribution in [-0.4, -0.2) is 37.9 Å². The Kier molecular flexibility index (Phi) is 4.71. The molecule has 1 unspecified atom stereocenters. The summed E-state index contributed by atoms with van der Waals surface area (Å²) in [4.78, 5) is 19.1. The second-order valence-corrected chi connectivity index (χ2v) is 6.68. The van der Waals surface area contributed by atoms with Crippen LogP contribution in [0.1, 0.15) is 47.9 Å². The SMILES string of the molecule is CCCNc1ncc(CN2CCc3[nH]cnc3C2c2ccc(C)o2)cn1. The van der Waals surface area contributed by atoms with Gasteiger partial charge in [0.05, 0.1) is 12.0 Å². The zero-order chi connectivity index (χ0) is 17.9. The van der Waals surface area contributed by atoms with Crippen LogP contribution >= 0.6 is 0 Å². The molecule has 1 aliphatic heterocycles. The average molecular weight is 352 g/mol. The van der Waals surface area contributed by atoms with Gasteiger partial charge in [-0.1, -0.05) is 6.92 Å². The summed E-state index contributed by atoms with van der Waals surface area (Å²) in [7, 11) is 0. The van der Waals surface area contributed by atoms with Crippen LogP contribution in [0, 0.1) is 6.92 Å². The largest absolute Gasteiger partial charge is 0.464 e. The third-order valence-corrected chi connectivity index (χ3v) is 4.68. The van der Waals surface area contributed by atoms with Crippen LogP contribution in [0.15, 0.2) is 35.3 Å². The minimum Gasteiger partial charge on any atom is -0.464 e. The smallest absolute Gasteiger partial charge is 0.222 e. The van der Waals surface area contributed by atoms with Gasteiger partial charge in [0.1, 0.15) is 17.6 Å². The van der Waals surface area contributed by atoms with Crippen molar-refractivity contribution in [3.05, 3.63) is 59.3 Å². The van der Waals surface area contributed by atoms with E-state index in [-0.39, 0.29) is 6.04 Å². The van der Waals surface area contributed by atoms with Crippen molar-refractivity contribution in [3.8, 4) is 0 Å². The van der Waals surface area contributed by atoms with Gasteiger partial charge in [-0.2, -0.15) is 0 Å². The van der Waals surface area contributed by atoms with Crippen LogP contribution in [0.4, 0.5) is 5.95 Å². The number of aryl methyl sites for hydroxylation is 1. The van der Waals surface area contributed by atoms with Gasteiger partial charge < -0.3 is 14.7 Å². The normalized spacial score (nSPS) is 17.2. The molecule has 4 rings (SSSR count). The topological polar surface area (TPSA) is 82.9 Å². The number of fused-ring (bicyclic) bond motifs is 1. The summed E-state index contributed by atoms with van der Waals surface area (Å²) in [5.41, 5.74) is 3.32. The van der Waals surface area contributed by atoms with E-state index >= 15 is 0 Å². The lowest BCUT2D eigenvalue weighted by Crippen LogP contribution is -2.35. The van der Waals surface area contributed by atoms with Crippen LogP contribution in [-0.2, 0) is 13.0 Å². The van der Waals surface area contributed by atoms with E-state index in [0.29, 0.717) is 5.95 Å². The molecule has 2 N–H and O–H groups in total. The van der Waals surface area contributed by atoms with Gasteiger partial charge in [-0.25, -0.2) is 15.0 Å². The molecule has 7 heteroatoms. The zero-order valence-corrected chi connectivity index (χ0v) is 15.2. The number of hydrogen-bond donors (Lipinski definition) is 2.